The van der Waals surface area contributed by atoms with Gasteiger partial charge >= 0.3 is 0 Å². The molecule has 0 aliphatic heterocycles. The molecule has 0 spiro atoms. The summed E-state index contributed by atoms with van der Waals surface area (Å²) in [5, 5.41) is 3.00. The van der Waals surface area contributed by atoms with Crippen molar-refractivity contribution in [3.63, 3.8) is 0 Å². The van der Waals surface area contributed by atoms with Gasteiger partial charge in [-0.2, -0.15) is 0 Å². The molecule has 1 N–H and O–H groups in total. The summed E-state index contributed by atoms with van der Waals surface area (Å²) >= 11 is 0. The van der Waals surface area contributed by atoms with Gasteiger partial charge in [0.2, 0.25) is 0 Å². The van der Waals surface area contributed by atoms with Gasteiger partial charge in [0, 0.05) is 29.9 Å². The van der Waals surface area contributed by atoms with E-state index in [0.717, 1.165) is 0 Å². The standard InChI is InChI=1S/C24H30N2O6/c1-5-30-20-10-8-17(9-11-20)24(27)22-13-12-21(31-6-2)15-18(22)14-19(26-29-4)16-23(25-28)32-7-3/h8-15,23,26H,5-7,16H2,1-4H3. The summed E-state index contributed by atoms with van der Waals surface area (Å²) in [4.78, 5) is 29.4. The van der Waals surface area contributed by atoms with Gasteiger partial charge in [-0.3, -0.25) is 15.1 Å². The number of hydroxylamine groups is 1. The number of ketones is 1. The zero-order valence-electron chi connectivity index (χ0n) is 18.9. The van der Waals surface area contributed by atoms with Crippen LogP contribution < -0.4 is 15.0 Å². The molecule has 1 unspecified atom stereocenters. The van der Waals surface area contributed by atoms with E-state index in [9.17, 15) is 9.70 Å². The Balaban J connectivity index is 2.45. The second-order valence-electron chi connectivity index (χ2n) is 6.66. The van der Waals surface area contributed by atoms with Crippen LogP contribution in [0.1, 0.15) is 48.7 Å². The Morgan fingerprint density at radius 1 is 1.00 bits per heavy atom. The molecule has 0 fully saturated rings. The molecule has 2 aromatic carbocycles. The molecule has 2 rings (SSSR count). The predicted molar refractivity (Wildman–Crippen MR) is 123 cm³/mol. The van der Waals surface area contributed by atoms with E-state index < -0.39 is 6.23 Å². The van der Waals surface area contributed by atoms with E-state index >= 15 is 0 Å². The smallest absolute Gasteiger partial charge is 0.194 e. The minimum atomic E-state index is -0.880. The molecular formula is C24H30N2O6. The van der Waals surface area contributed by atoms with Crippen LogP contribution in [0.5, 0.6) is 11.5 Å². The summed E-state index contributed by atoms with van der Waals surface area (Å²) in [6.45, 7) is 6.95. The van der Waals surface area contributed by atoms with Crippen molar-refractivity contribution in [2.24, 2.45) is 5.18 Å². The third-order valence-electron chi connectivity index (χ3n) is 4.44. The van der Waals surface area contributed by atoms with Crippen molar-refractivity contribution in [1.82, 2.24) is 5.48 Å². The van der Waals surface area contributed by atoms with Crippen molar-refractivity contribution in [3.05, 3.63) is 69.8 Å². The van der Waals surface area contributed by atoms with Gasteiger partial charge in [0.05, 0.1) is 20.3 Å². The summed E-state index contributed by atoms with van der Waals surface area (Å²) in [5.41, 5.74) is 4.88. The Hall–Kier alpha value is -3.23. The number of rotatable bonds is 14. The Labute approximate surface area is 188 Å². The fraction of sp³-hybridized carbons (Fsp3) is 0.375. The summed E-state index contributed by atoms with van der Waals surface area (Å²) < 4.78 is 16.4. The third-order valence-corrected chi connectivity index (χ3v) is 4.44. The van der Waals surface area contributed by atoms with Crippen LogP contribution in [0.4, 0.5) is 0 Å². The van der Waals surface area contributed by atoms with Crippen LogP contribution in [-0.4, -0.2) is 38.9 Å². The molecule has 0 amide bonds. The Morgan fingerprint density at radius 2 is 1.66 bits per heavy atom. The fourth-order valence-corrected chi connectivity index (χ4v) is 3.10. The highest BCUT2D eigenvalue weighted by molar-refractivity contribution is 6.11. The summed E-state index contributed by atoms with van der Waals surface area (Å²) in [5.74, 6) is 1.16. The quantitative estimate of drug-likeness (QED) is 0.257. The first kappa shape index (κ1) is 25.0. The van der Waals surface area contributed by atoms with Gasteiger partial charge in [-0.05, 0) is 80.1 Å². The molecule has 0 bridgehead atoms. The SMILES string of the molecule is CCOc1ccc(C(=O)c2ccc(OCC)cc2C=C(CC(N=O)OCC)NOC)cc1. The number of hydrogen-bond acceptors (Lipinski definition) is 8. The van der Waals surface area contributed by atoms with Gasteiger partial charge in [0.1, 0.15) is 11.5 Å². The van der Waals surface area contributed by atoms with Crippen LogP contribution in [0.15, 0.2) is 53.3 Å². The molecule has 0 aromatic heterocycles. The first-order valence-electron chi connectivity index (χ1n) is 10.5. The zero-order valence-corrected chi connectivity index (χ0v) is 18.9. The van der Waals surface area contributed by atoms with Crippen molar-refractivity contribution in [2.75, 3.05) is 26.9 Å². The molecule has 8 heteroatoms. The van der Waals surface area contributed by atoms with Crippen molar-refractivity contribution >= 4 is 11.9 Å². The van der Waals surface area contributed by atoms with Gasteiger partial charge in [-0.1, -0.05) is 0 Å². The zero-order chi connectivity index (χ0) is 23.3. The number of hydrogen-bond donors (Lipinski definition) is 1. The number of carbonyl (C=O) groups excluding carboxylic acids is 1. The average Bonchev–Trinajstić information content (AvgIpc) is 2.79. The lowest BCUT2D eigenvalue weighted by Gasteiger charge is -2.15. The van der Waals surface area contributed by atoms with E-state index in [1.54, 1.807) is 55.5 Å². The first-order valence-corrected chi connectivity index (χ1v) is 10.5. The highest BCUT2D eigenvalue weighted by Crippen LogP contribution is 2.25. The minimum Gasteiger partial charge on any atom is -0.494 e. The number of benzene rings is 2. The van der Waals surface area contributed by atoms with Crippen LogP contribution in [0.2, 0.25) is 0 Å². The molecule has 0 saturated carbocycles. The lowest BCUT2D eigenvalue weighted by atomic mass is 9.97. The Kier molecular flexibility index (Phi) is 10.4. The predicted octanol–water partition coefficient (Wildman–Crippen LogP) is 4.73. The van der Waals surface area contributed by atoms with Crippen LogP contribution in [0, 0.1) is 4.91 Å². The highest BCUT2D eigenvalue weighted by atomic mass is 16.6. The summed E-state index contributed by atoms with van der Waals surface area (Å²) in [6, 6.07) is 12.2. The number of carbonyl (C=O) groups is 1. The van der Waals surface area contributed by atoms with Crippen molar-refractivity contribution in [3.8, 4) is 11.5 Å². The fourth-order valence-electron chi connectivity index (χ4n) is 3.10. The van der Waals surface area contributed by atoms with E-state index in [-0.39, 0.29) is 12.2 Å². The van der Waals surface area contributed by atoms with Crippen molar-refractivity contribution in [1.29, 1.82) is 0 Å². The minimum absolute atomic E-state index is 0.153. The van der Waals surface area contributed by atoms with Crippen LogP contribution in [-0.2, 0) is 9.57 Å². The maximum Gasteiger partial charge on any atom is 0.194 e. The number of ether oxygens (including phenoxy) is 3. The van der Waals surface area contributed by atoms with Gasteiger partial charge in [0.25, 0.3) is 0 Å². The first-order chi connectivity index (χ1) is 15.6. The van der Waals surface area contributed by atoms with E-state index in [4.69, 9.17) is 19.0 Å². The van der Waals surface area contributed by atoms with Crippen LogP contribution in [0.25, 0.3) is 6.08 Å². The molecule has 172 valence electrons. The molecule has 8 nitrogen and oxygen atoms in total. The van der Waals surface area contributed by atoms with Crippen molar-refractivity contribution < 1.29 is 23.8 Å². The van der Waals surface area contributed by atoms with Crippen LogP contribution >= 0.6 is 0 Å². The number of nitrogens with zero attached hydrogens (tertiary/aromatic N) is 1. The maximum atomic E-state index is 13.3. The van der Waals surface area contributed by atoms with Gasteiger partial charge < -0.3 is 14.2 Å². The molecule has 0 aliphatic carbocycles. The second kappa shape index (κ2) is 13.2. The molecular weight excluding hydrogens is 412 g/mol. The Morgan fingerprint density at radius 3 is 2.25 bits per heavy atom. The molecule has 0 saturated heterocycles. The topological polar surface area (TPSA) is 95.5 Å². The van der Waals surface area contributed by atoms with E-state index in [1.807, 2.05) is 13.8 Å². The van der Waals surface area contributed by atoms with Gasteiger partial charge in [0.15, 0.2) is 12.0 Å². The largest absolute Gasteiger partial charge is 0.494 e. The molecule has 0 heterocycles. The average molecular weight is 443 g/mol. The molecule has 0 aliphatic rings. The van der Waals surface area contributed by atoms with E-state index in [2.05, 4.69) is 10.7 Å². The highest BCUT2D eigenvalue weighted by Gasteiger charge is 2.17. The molecule has 0 radical (unpaired) electrons. The van der Waals surface area contributed by atoms with Gasteiger partial charge in [-0.25, -0.2) is 0 Å². The maximum absolute atomic E-state index is 13.3. The summed E-state index contributed by atoms with van der Waals surface area (Å²) in [7, 11) is 1.46. The van der Waals surface area contributed by atoms with E-state index in [1.165, 1.54) is 7.11 Å². The monoisotopic (exact) mass is 442 g/mol. The number of nitroso groups, excluding NO2 is 1. The normalized spacial score (nSPS) is 12.2. The van der Waals surface area contributed by atoms with E-state index in [0.29, 0.717) is 53.7 Å². The van der Waals surface area contributed by atoms with Crippen LogP contribution in [0.3, 0.4) is 0 Å². The lowest BCUT2D eigenvalue weighted by Crippen LogP contribution is -2.19. The molecule has 1 atom stereocenters. The van der Waals surface area contributed by atoms with Crippen molar-refractivity contribution in [2.45, 2.75) is 33.4 Å². The molecule has 2 aromatic rings. The second-order valence-corrected chi connectivity index (χ2v) is 6.66. The third kappa shape index (κ3) is 7.18. The summed E-state index contributed by atoms with van der Waals surface area (Å²) in [6.07, 6.45) is 1.00. The number of nitrogens with one attached hydrogen (secondary N) is 1. The van der Waals surface area contributed by atoms with Gasteiger partial charge in [-0.15, -0.1) is 4.91 Å². The lowest BCUT2D eigenvalue weighted by molar-refractivity contribution is 0.0557. The molecule has 32 heavy (non-hydrogen) atoms. The Bertz CT molecular complexity index is 911.